The Morgan fingerprint density at radius 1 is 1.21 bits per heavy atom. The number of aromatic hydroxyl groups is 1. The average Bonchev–Trinajstić information content (AvgIpc) is 2.38. The van der Waals surface area contributed by atoms with Gasteiger partial charge in [-0.3, -0.25) is 0 Å². The van der Waals surface area contributed by atoms with Gasteiger partial charge in [-0.15, -0.1) is 0 Å². The molecular weight excluding hydrogens is 306 g/mol. The Morgan fingerprint density at radius 2 is 2.00 bits per heavy atom. The van der Waals surface area contributed by atoms with Gasteiger partial charge in [-0.2, -0.15) is 0 Å². The Hall–Kier alpha value is -1.68. The third kappa shape index (κ3) is 3.41. The molecule has 0 aliphatic carbocycles. The predicted octanol–water partition coefficient (Wildman–Crippen LogP) is 4.34. The van der Waals surface area contributed by atoms with Crippen LogP contribution in [0, 0.1) is 0 Å². The molecule has 1 atom stereocenters. The van der Waals surface area contributed by atoms with Gasteiger partial charge in [-0.1, -0.05) is 22.0 Å². The number of hydrogen-bond acceptors (Lipinski definition) is 3. The molecule has 100 valence electrons. The maximum absolute atomic E-state index is 10.00. The van der Waals surface area contributed by atoms with E-state index in [1.54, 1.807) is 13.2 Å². The summed E-state index contributed by atoms with van der Waals surface area (Å²) in [7, 11) is 1.58. The topological polar surface area (TPSA) is 41.5 Å². The van der Waals surface area contributed by atoms with Crippen LogP contribution in [0.1, 0.15) is 18.5 Å². The summed E-state index contributed by atoms with van der Waals surface area (Å²) < 4.78 is 6.09. The number of methoxy groups -OCH3 is 1. The summed E-state index contributed by atoms with van der Waals surface area (Å²) in [5.74, 6) is 0.880. The molecule has 2 rings (SSSR count). The first-order valence-corrected chi connectivity index (χ1v) is 6.78. The van der Waals surface area contributed by atoms with Crippen LogP contribution in [0.15, 0.2) is 46.9 Å². The fourth-order valence-electron chi connectivity index (χ4n) is 1.92. The summed E-state index contributed by atoms with van der Waals surface area (Å²) in [4.78, 5) is 0. The van der Waals surface area contributed by atoms with Crippen LogP contribution in [-0.2, 0) is 0 Å². The number of phenols is 1. The molecule has 2 aromatic rings. The molecule has 0 spiro atoms. The number of halogens is 1. The molecule has 0 aromatic heterocycles. The minimum atomic E-state index is 0.000191. The van der Waals surface area contributed by atoms with Crippen molar-refractivity contribution in [2.45, 2.75) is 13.0 Å². The van der Waals surface area contributed by atoms with Crippen LogP contribution in [0.2, 0.25) is 0 Å². The number of nitrogens with one attached hydrogen (secondary N) is 1. The van der Waals surface area contributed by atoms with Crippen molar-refractivity contribution in [3.8, 4) is 11.5 Å². The summed E-state index contributed by atoms with van der Waals surface area (Å²) in [6, 6.07) is 13.2. The van der Waals surface area contributed by atoms with E-state index in [4.69, 9.17) is 4.74 Å². The van der Waals surface area contributed by atoms with Gasteiger partial charge >= 0.3 is 0 Å². The zero-order valence-corrected chi connectivity index (χ0v) is 12.4. The number of ether oxygens (including phenoxy) is 1. The van der Waals surface area contributed by atoms with Gasteiger partial charge < -0.3 is 15.2 Å². The van der Waals surface area contributed by atoms with Crippen LogP contribution in [0.25, 0.3) is 0 Å². The lowest BCUT2D eigenvalue weighted by Crippen LogP contribution is -2.06. The Labute approximate surface area is 121 Å². The second kappa shape index (κ2) is 5.97. The highest BCUT2D eigenvalue weighted by molar-refractivity contribution is 9.10. The first-order valence-electron chi connectivity index (χ1n) is 5.99. The van der Waals surface area contributed by atoms with Crippen molar-refractivity contribution in [2.24, 2.45) is 0 Å². The molecule has 0 saturated carbocycles. The van der Waals surface area contributed by atoms with E-state index in [2.05, 4.69) is 21.2 Å². The van der Waals surface area contributed by atoms with E-state index < -0.39 is 0 Å². The van der Waals surface area contributed by atoms with Crippen molar-refractivity contribution in [1.29, 1.82) is 0 Å². The Balaban J connectivity index is 2.18. The van der Waals surface area contributed by atoms with Crippen LogP contribution in [0.4, 0.5) is 5.69 Å². The SMILES string of the molecule is COc1ccc(C(C)Nc2cccc(Br)c2)c(O)c1. The highest BCUT2D eigenvalue weighted by Crippen LogP contribution is 2.30. The molecule has 0 aliphatic rings. The van der Waals surface area contributed by atoms with Gasteiger partial charge in [0.2, 0.25) is 0 Å². The number of anilines is 1. The molecule has 1 unspecified atom stereocenters. The Morgan fingerprint density at radius 3 is 2.63 bits per heavy atom. The Bertz CT molecular complexity index is 572. The van der Waals surface area contributed by atoms with Gasteiger partial charge in [0.15, 0.2) is 0 Å². The summed E-state index contributed by atoms with van der Waals surface area (Å²) in [5.41, 5.74) is 1.83. The molecule has 2 N–H and O–H groups in total. The molecule has 0 bridgehead atoms. The van der Waals surface area contributed by atoms with Crippen molar-refractivity contribution in [3.63, 3.8) is 0 Å². The highest BCUT2D eigenvalue weighted by Gasteiger charge is 2.11. The van der Waals surface area contributed by atoms with Gasteiger partial charge in [0.05, 0.1) is 13.2 Å². The fraction of sp³-hybridized carbons (Fsp3) is 0.200. The minimum Gasteiger partial charge on any atom is -0.507 e. The summed E-state index contributed by atoms with van der Waals surface area (Å²) in [6.45, 7) is 2.00. The maximum Gasteiger partial charge on any atom is 0.124 e. The molecule has 0 heterocycles. The van der Waals surface area contributed by atoms with E-state index in [-0.39, 0.29) is 11.8 Å². The molecule has 0 radical (unpaired) electrons. The van der Waals surface area contributed by atoms with Crippen LogP contribution < -0.4 is 10.1 Å². The van der Waals surface area contributed by atoms with Crippen molar-refractivity contribution in [3.05, 3.63) is 52.5 Å². The molecule has 3 nitrogen and oxygen atoms in total. The summed E-state index contributed by atoms with van der Waals surface area (Å²) >= 11 is 3.44. The maximum atomic E-state index is 10.00. The fourth-order valence-corrected chi connectivity index (χ4v) is 2.32. The lowest BCUT2D eigenvalue weighted by atomic mass is 10.1. The van der Waals surface area contributed by atoms with E-state index in [1.165, 1.54) is 0 Å². The molecule has 2 aromatic carbocycles. The normalized spacial score (nSPS) is 11.9. The average molecular weight is 322 g/mol. The predicted molar refractivity (Wildman–Crippen MR) is 80.8 cm³/mol. The number of rotatable bonds is 4. The summed E-state index contributed by atoms with van der Waals surface area (Å²) in [6.07, 6.45) is 0. The number of phenolic OH excluding ortho intramolecular Hbond substituents is 1. The smallest absolute Gasteiger partial charge is 0.124 e. The second-order valence-corrected chi connectivity index (χ2v) is 5.22. The number of benzene rings is 2. The molecular formula is C15H16BrNO2. The van der Waals surface area contributed by atoms with E-state index in [0.29, 0.717) is 5.75 Å². The third-order valence-corrected chi connectivity index (χ3v) is 3.41. The van der Waals surface area contributed by atoms with Crippen molar-refractivity contribution < 1.29 is 9.84 Å². The van der Waals surface area contributed by atoms with Crippen molar-refractivity contribution >= 4 is 21.6 Å². The van der Waals surface area contributed by atoms with Gasteiger partial charge in [0.25, 0.3) is 0 Å². The lowest BCUT2D eigenvalue weighted by Gasteiger charge is -2.17. The lowest BCUT2D eigenvalue weighted by molar-refractivity contribution is 0.406. The van der Waals surface area contributed by atoms with Crippen LogP contribution in [0.3, 0.4) is 0 Å². The zero-order valence-electron chi connectivity index (χ0n) is 10.9. The first-order chi connectivity index (χ1) is 9.10. The van der Waals surface area contributed by atoms with Gasteiger partial charge in [-0.25, -0.2) is 0 Å². The molecule has 19 heavy (non-hydrogen) atoms. The van der Waals surface area contributed by atoms with E-state index in [1.807, 2.05) is 43.3 Å². The van der Waals surface area contributed by atoms with Crippen molar-refractivity contribution in [1.82, 2.24) is 0 Å². The molecule has 0 amide bonds. The second-order valence-electron chi connectivity index (χ2n) is 4.30. The van der Waals surface area contributed by atoms with Gasteiger partial charge in [0, 0.05) is 21.8 Å². The standard InChI is InChI=1S/C15H16BrNO2/c1-10(17-12-5-3-4-11(16)8-12)14-7-6-13(19-2)9-15(14)18/h3-10,17-18H,1-2H3. The quantitative estimate of drug-likeness (QED) is 0.880. The molecule has 4 heteroatoms. The van der Waals surface area contributed by atoms with Gasteiger partial charge in [-0.05, 0) is 37.3 Å². The van der Waals surface area contributed by atoms with Crippen LogP contribution >= 0.6 is 15.9 Å². The van der Waals surface area contributed by atoms with Crippen molar-refractivity contribution in [2.75, 3.05) is 12.4 Å². The highest BCUT2D eigenvalue weighted by atomic mass is 79.9. The number of hydrogen-bond donors (Lipinski definition) is 2. The van der Waals surface area contributed by atoms with E-state index in [0.717, 1.165) is 15.7 Å². The largest absolute Gasteiger partial charge is 0.507 e. The molecule has 0 fully saturated rings. The van der Waals surface area contributed by atoms with Crippen LogP contribution in [-0.4, -0.2) is 12.2 Å². The van der Waals surface area contributed by atoms with E-state index in [9.17, 15) is 5.11 Å². The molecule has 0 saturated heterocycles. The third-order valence-electron chi connectivity index (χ3n) is 2.91. The van der Waals surface area contributed by atoms with E-state index >= 15 is 0 Å². The van der Waals surface area contributed by atoms with Gasteiger partial charge in [0.1, 0.15) is 11.5 Å². The van der Waals surface area contributed by atoms with Crippen LogP contribution in [0.5, 0.6) is 11.5 Å². The Kier molecular flexibility index (Phi) is 4.32. The molecule has 0 aliphatic heterocycles. The minimum absolute atomic E-state index is 0.000191. The zero-order chi connectivity index (χ0) is 13.8. The summed E-state index contributed by atoms with van der Waals surface area (Å²) in [5, 5.41) is 13.3. The monoisotopic (exact) mass is 321 g/mol. The first kappa shape index (κ1) is 13.7.